The second-order valence-electron chi connectivity index (χ2n) is 5.15. The van der Waals surface area contributed by atoms with Crippen molar-refractivity contribution in [1.82, 2.24) is 4.98 Å². The lowest BCUT2D eigenvalue weighted by molar-refractivity contribution is 1.16. The number of nitrogens with zero attached hydrogens (tertiary/aromatic N) is 1. The van der Waals surface area contributed by atoms with E-state index in [1.165, 1.54) is 27.7 Å². The van der Waals surface area contributed by atoms with E-state index in [1.807, 2.05) is 6.92 Å². The van der Waals surface area contributed by atoms with E-state index in [2.05, 4.69) is 71.5 Å². The maximum absolute atomic E-state index is 4.42. The minimum atomic E-state index is 0.777. The third-order valence-corrected chi connectivity index (χ3v) is 3.55. The molecule has 2 heterocycles. The largest absolute Gasteiger partial charge is 0.355 e. The number of benzene rings is 1. The highest BCUT2D eigenvalue weighted by atomic mass is 14.7. The minimum absolute atomic E-state index is 0.777. The van der Waals surface area contributed by atoms with Gasteiger partial charge in [0.25, 0.3) is 0 Å². The van der Waals surface area contributed by atoms with Gasteiger partial charge in [-0.25, -0.2) is 0 Å². The molecule has 2 nitrogen and oxygen atoms in total. The number of aromatic nitrogens is 1. The van der Waals surface area contributed by atoms with Crippen molar-refractivity contribution in [2.75, 3.05) is 6.54 Å². The second kappa shape index (κ2) is 5.33. The van der Waals surface area contributed by atoms with E-state index in [0.717, 1.165) is 12.3 Å². The number of aromatic amines is 1. The van der Waals surface area contributed by atoms with Crippen LogP contribution in [0.2, 0.25) is 0 Å². The molecule has 0 saturated carbocycles. The highest BCUT2D eigenvalue weighted by Crippen LogP contribution is 2.20. The summed E-state index contributed by atoms with van der Waals surface area (Å²) in [5.74, 6) is 0. The molecular weight excluding hydrogens is 244 g/mol. The maximum atomic E-state index is 4.42. The highest BCUT2D eigenvalue weighted by Gasteiger charge is 2.01. The van der Waals surface area contributed by atoms with Crippen molar-refractivity contribution < 1.29 is 0 Å². The first kappa shape index (κ1) is 12.7. The summed E-state index contributed by atoms with van der Waals surface area (Å²) >= 11 is 0. The molecule has 1 aromatic heterocycles. The number of dihydropyridines is 1. The lowest BCUT2D eigenvalue weighted by Crippen LogP contribution is -1.97. The van der Waals surface area contributed by atoms with Gasteiger partial charge in [0, 0.05) is 16.9 Å². The minimum Gasteiger partial charge on any atom is -0.355 e. The Morgan fingerprint density at radius 1 is 1.25 bits per heavy atom. The SMILES string of the molecule is CC1=NC/C(=C\C=C(/C)c2cc3ccccc3[nH]2)C=C1. The molecule has 0 saturated heterocycles. The Kier molecular flexibility index (Phi) is 3.38. The molecule has 1 N–H and O–H groups in total. The Balaban J connectivity index is 1.85. The summed E-state index contributed by atoms with van der Waals surface area (Å²) in [6.45, 7) is 4.93. The van der Waals surface area contributed by atoms with Gasteiger partial charge in [0.2, 0.25) is 0 Å². The first-order valence-corrected chi connectivity index (χ1v) is 6.87. The number of para-hydroxylation sites is 1. The van der Waals surface area contributed by atoms with Crippen LogP contribution in [0.5, 0.6) is 0 Å². The van der Waals surface area contributed by atoms with Crippen molar-refractivity contribution in [2.45, 2.75) is 13.8 Å². The molecule has 0 fully saturated rings. The van der Waals surface area contributed by atoms with Gasteiger partial charge in [0.15, 0.2) is 0 Å². The first-order chi connectivity index (χ1) is 9.72. The van der Waals surface area contributed by atoms with Crippen molar-refractivity contribution in [3.63, 3.8) is 0 Å². The normalized spacial score (nSPS) is 17.8. The quantitative estimate of drug-likeness (QED) is 0.823. The molecule has 3 rings (SSSR count). The summed E-state index contributed by atoms with van der Waals surface area (Å²) in [5.41, 5.74) is 5.92. The van der Waals surface area contributed by atoms with Gasteiger partial charge in [-0.3, -0.25) is 4.99 Å². The van der Waals surface area contributed by atoms with Crippen molar-refractivity contribution in [3.8, 4) is 0 Å². The Morgan fingerprint density at radius 3 is 2.85 bits per heavy atom. The van der Waals surface area contributed by atoms with Crippen LogP contribution in [0, 0.1) is 0 Å². The van der Waals surface area contributed by atoms with Gasteiger partial charge in [0.05, 0.1) is 6.54 Å². The zero-order valence-corrected chi connectivity index (χ0v) is 11.9. The Hall–Kier alpha value is -2.35. The fraction of sp³-hybridized carbons (Fsp3) is 0.167. The lowest BCUT2D eigenvalue weighted by Gasteiger charge is -2.04. The summed E-state index contributed by atoms with van der Waals surface area (Å²) in [5, 5.41) is 1.25. The Labute approximate surface area is 119 Å². The molecule has 0 spiro atoms. The average Bonchev–Trinajstić information content (AvgIpc) is 2.90. The van der Waals surface area contributed by atoms with Gasteiger partial charge in [-0.2, -0.15) is 0 Å². The van der Waals surface area contributed by atoms with Gasteiger partial charge >= 0.3 is 0 Å². The van der Waals surface area contributed by atoms with Gasteiger partial charge in [0.1, 0.15) is 0 Å². The third-order valence-electron chi connectivity index (χ3n) is 3.55. The van der Waals surface area contributed by atoms with Gasteiger partial charge in [-0.15, -0.1) is 0 Å². The van der Waals surface area contributed by atoms with Crippen LogP contribution in [-0.2, 0) is 0 Å². The van der Waals surface area contributed by atoms with Crippen LogP contribution in [0.4, 0.5) is 0 Å². The average molecular weight is 262 g/mol. The number of H-pyrrole nitrogens is 1. The molecule has 2 aromatic rings. The molecule has 1 aromatic carbocycles. The highest BCUT2D eigenvalue weighted by molar-refractivity contribution is 5.94. The van der Waals surface area contributed by atoms with Gasteiger partial charge in [-0.1, -0.05) is 36.4 Å². The zero-order chi connectivity index (χ0) is 13.9. The van der Waals surface area contributed by atoms with E-state index in [4.69, 9.17) is 0 Å². The zero-order valence-electron chi connectivity index (χ0n) is 11.9. The molecular formula is C18H18N2. The molecule has 2 heteroatoms. The van der Waals surface area contributed by atoms with Crippen LogP contribution in [0.15, 0.2) is 65.2 Å². The van der Waals surface area contributed by atoms with Crippen LogP contribution in [0.25, 0.3) is 16.5 Å². The van der Waals surface area contributed by atoms with E-state index in [0.29, 0.717) is 0 Å². The fourth-order valence-electron chi connectivity index (χ4n) is 2.26. The standard InChI is InChI=1S/C18H18N2/c1-13(7-9-15-10-8-14(2)19-12-15)18-11-16-5-3-4-6-17(16)20-18/h3-11,20H,12H2,1-2H3/b13-7+,15-9-. The predicted molar refractivity (Wildman–Crippen MR) is 87.1 cm³/mol. The van der Waals surface area contributed by atoms with Gasteiger partial charge in [-0.05, 0) is 48.6 Å². The third kappa shape index (κ3) is 2.64. The van der Waals surface area contributed by atoms with Crippen LogP contribution < -0.4 is 0 Å². The Bertz CT molecular complexity index is 722. The summed E-state index contributed by atoms with van der Waals surface area (Å²) in [6.07, 6.45) is 8.49. The van der Waals surface area contributed by atoms with E-state index < -0.39 is 0 Å². The first-order valence-electron chi connectivity index (χ1n) is 6.87. The van der Waals surface area contributed by atoms with Crippen molar-refractivity contribution >= 4 is 22.2 Å². The molecule has 0 bridgehead atoms. The smallest absolute Gasteiger partial charge is 0.0642 e. The van der Waals surface area contributed by atoms with Crippen molar-refractivity contribution in [1.29, 1.82) is 0 Å². The monoisotopic (exact) mass is 262 g/mol. The number of rotatable bonds is 2. The van der Waals surface area contributed by atoms with E-state index in [9.17, 15) is 0 Å². The molecule has 1 aliphatic heterocycles. The number of hydrogen-bond donors (Lipinski definition) is 1. The Morgan fingerprint density at radius 2 is 2.10 bits per heavy atom. The predicted octanol–water partition coefficient (Wildman–Crippen LogP) is 4.53. The number of allylic oxidation sites excluding steroid dienone is 4. The summed E-state index contributed by atoms with van der Waals surface area (Å²) in [6, 6.07) is 10.5. The molecule has 1 aliphatic rings. The molecule has 0 atom stereocenters. The molecule has 0 aliphatic carbocycles. The van der Waals surface area contributed by atoms with Crippen LogP contribution in [0.3, 0.4) is 0 Å². The fourth-order valence-corrected chi connectivity index (χ4v) is 2.26. The number of aliphatic imine (C=N–C) groups is 1. The molecule has 0 radical (unpaired) electrons. The molecule has 100 valence electrons. The number of hydrogen-bond acceptors (Lipinski definition) is 1. The van der Waals surface area contributed by atoms with Crippen LogP contribution >= 0.6 is 0 Å². The van der Waals surface area contributed by atoms with Crippen molar-refractivity contribution in [3.05, 3.63) is 65.9 Å². The maximum Gasteiger partial charge on any atom is 0.0642 e. The molecule has 0 amide bonds. The van der Waals surface area contributed by atoms with E-state index in [1.54, 1.807) is 0 Å². The van der Waals surface area contributed by atoms with Crippen LogP contribution in [-0.4, -0.2) is 17.2 Å². The summed E-state index contributed by atoms with van der Waals surface area (Å²) in [7, 11) is 0. The molecule has 20 heavy (non-hydrogen) atoms. The molecule has 0 unspecified atom stereocenters. The van der Waals surface area contributed by atoms with Crippen molar-refractivity contribution in [2.24, 2.45) is 4.99 Å². The number of nitrogens with one attached hydrogen (secondary N) is 1. The van der Waals surface area contributed by atoms with Crippen LogP contribution in [0.1, 0.15) is 19.5 Å². The van der Waals surface area contributed by atoms with E-state index >= 15 is 0 Å². The summed E-state index contributed by atoms with van der Waals surface area (Å²) < 4.78 is 0. The second-order valence-corrected chi connectivity index (χ2v) is 5.15. The topological polar surface area (TPSA) is 28.1 Å². The summed E-state index contributed by atoms with van der Waals surface area (Å²) in [4.78, 5) is 7.87. The van der Waals surface area contributed by atoms with E-state index in [-0.39, 0.29) is 0 Å². The van der Waals surface area contributed by atoms with Gasteiger partial charge < -0.3 is 4.98 Å². The number of fused-ring (bicyclic) bond motifs is 1. The lowest BCUT2D eigenvalue weighted by atomic mass is 10.1.